The number of likely N-dealkylation sites (N-methyl/N-ethyl adjacent to an activating group) is 1. The van der Waals surface area contributed by atoms with Crippen LogP contribution >= 0.6 is 0 Å². The summed E-state index contributed by atoms with van der Waals surface area (Å²) in [5, 5.41) is 48.5. The van der Waals surface area contributed by atoms with E-state index in [9.17, 15) is 24.3 Å². The van der Waals surface area contributed by atoms with E-state index < -0.39 is 36.4 Å². The molecule has 12 nitrogen and oxygen atoms in total. The van der Waals surface area contributed by atoms with E-state index in [1.54, 1.807) is 0 Å². The molecular weight excluding hydrogens is 546 g/mol. The quantitative estimate of drug-likeness (QED) is 0.266. The molecular formula is C30H41N3O9. The van der Waals surface area contributed by atoms with Crippen molar-refractivity contribution in [3.05, 3.63) is 35.5 Å². The largest absolute Gasteiger partial charge is 0.481 e. The maximum absolute atomic E-state index is 13.0. The summed E-state index contributed by atoms with van der Waals surface area (Å²) in [6.45, 7) is 5.28. The summed E-state index contributed by atoms with van der Waals surface area (Å²) >= 11 is 0. The molecule has 2 heterocycles. The van der Waals surface area contributed by atoms with E-state index in [4.69, 9.17) is 20.4 Å². The van der Waals surface area contributed by atoms with Gasteiger partial charge in [0.15, 0.2) is 5.60 Å². The van der Waals surface area contributed by atoms with Gasteiger partial charge in [-0.25, -0.2) is 4.79 Å². The average Bonchev–Trinajstić information content (AvgIpc) is 3.48. The first kappa shape index (κ1) is 31.5. The fourth-order valence-electron chi connectivity index (χ4n) is 6.81. The highest BCUT2D eigenvalue weighted by molar-refractivity contribution is 5.90. The number of nitrogens with one attached hydrogen (secondary N) is 1. The number of carbonyl (C=O) groups excluding carboxylic acids is 1. The number of rotatable bonds is 8. The Bertz CT molecular complexity index is 1340. The second-order valence-corrected chi connectivity index (χ2v) is 12.2. The van der Waals surface area contributed by atoms with E-state index in [-0.39, 0.29) is 24.0 Å². The van der Waals surface area contributed by atoms with Gasteiger partial charge in [-0.2, -0.15) is 0 Å². The fraction of sp³-hybridized carbons (Fsp3) is 0.600. The fourth-order valence-corrected chi connectivity index (χ4v) is 6.81. The van der Waals surface area contributed by atoms with Crippen molar-refractivity contribution in [1.29, 1.82) is 0 Å². The Morgan fingerprint density at radius 3 is 2.29 bits per heavy atom. The lowest BCUT2D eigenvalue weighted by molar-refractivity contribution is -0.170. The van der Waals surface area contributed by atoms with Gasteiger partial charge in [-0.15, -0.1) is 0 Å². The predicted octanol–water partition coefficient (Wildman–Crippen LogP) is 1.96. The zero-order valence-corrected chi connectivity index (χ0v) is 24.2. The number of carboxylic acid groups (broad SMARTS) is 3. The molecule has 1 saturated carbocycles. The Hall–Kier alpha value is -3.48. The number of aromatic nitrogens is 1. The van der Waals surface area contributed by atoms with Crippen LogP contribution in [-0.2, 0) is 25.6 Å². The molecule has 1 aromatic heterocycles. The summed E-state index contributed by atoms with van der Waals surface area (Å²) < 4.78 is 2.40. The molecule has 5 atom stereocenters. The SMILES string of the molecule is CC(C)n1cc2c3c(cccc31)[C@H]1CC(C(=O)NC3CCCC3O)CN(C)[C@@H]1C2.O=C(O)CC(O)(CC(=O)O)C(=O)O. The van der Waals surface area contributed by atoms with Gasteiger partial charge in [0.25, 0.3) is 0 Å². The monoisotopic (exact) mass is 587 g/mol. The first-order valence-corrected chi connectivity index (χ1v) is 14.4. The lowest BCUT2D eigenvalue weighted by Crippen LogP contribution is -2.53. The summed E-state index contributed by atoms with van der Waals surface area (Å²) in [5.41, 5.74) is 1.46. The number of carbonyl (C=O) groups is 4. The van der Waals surface area contributed by atoms with Crippen molar-refractivity contribution in [2.24, 2.45) is 5.92 Å². The van der Waals surface area contributed by atoms with E-state index in [0.717, 1.165) is 38.6 Å². The number of aliphatic carboxylic acids is 3. The summed E-state index contributed by atoms with van der Waals surface area (Å²) in [7, 11) is 2.17. The normalized spacial score (nSPS) is 25.4. The standard InChI is InChI=1S/C24H33N3O2.C6H8O7/c1-14(2)27-13-15-11-21-18(17-6-4-8-20(27)23(15)17)10-16(12-26(21)3)24(29)25-19-7-5-9-22(19)28;7-3(8)1-6(13,5(11)12)2-4(9)10/h4,6,8,13-14,16,18-19,21-22,28H,5,7,9-12H2,1-3H3,(H,25,29);13H,1-2H2,(H,7,8)(H,9,10)(H,11,12)/t16?,18-,19?,21-,22?;/m1./s1. The van der Waals surface area contributed by atoms with Gasteiger partial charge in [0, 0.05) is 41.6 Å². The third-order valence-corrected chi connectivity index (χ3v) is 8.89. The number of hydrogen-bond acceptors (Lipinski definition) is 7. The number of piperidine rings is 1. The second-order valence-electron chi connectivity index (χ2n) is 12.2. The van der Waals surface area contributed by atoms with E-state index in [0.29, 0.717) is 18.0 Å². The number of nitrogens with zero attached hydrogens (tertiary/aromatic N) is 2. The maximum Gasteiger partial charge on any atom is 0.336 e. The molecule has 42 heavy (non-hydrogen) atoms. The zero-order chi connectivity index (χ0) is 30.9. The molecule has 3 aliphatic rings. The van der Waals surface area contributed by atoms with Gasteiger partial charge in [-0.3, -0.25) is 14.4 Å². The zero-order valence-electron chi connectivity index (χ0n) is 24.2. The molecule has 3 unspecified atom stereocenters. The lowest BCUT2D eigenvalue weighted by atomic mass is 9.72. The van der Waals surface area contributed by atoms with Crippen molar-refractivity contribution in [3.8, 4) is 0 Å². The first-order valence-electron chi connectivity index (χ1n) is 14.4. The minimum Gasteiger partial charge on any atom is -0.481 e. The third kappa shape index (κ3) is 6.45. The van der Waals surface area contributed by atoms with Crippen LogP contribution in [0.2, 0.25) is 0 Å². The van der Waals surface area contributed by atoms with Crippen LogP contribution in [0.4, 0.5) is 0 Å². The number of hydrogen-bond donors (Lipinski definition) is 6. The predicted molar refractivity (Wildman–Crippen MR) is 152 cm³/mol. The Morgan fingerprint density at radius 2 is 1.74 bits per heavy atom. The van der Waals surface area contributed by atoms with Crippen molar-refractivity contribution >= 4 is 34.7 Å². The topological polar surface area (TPSA) is 190 Å². The molecule has 2 aliphatic carbocycles. The van der Waals surface area contributed by atoms with Gasteiger partial charge in [-0.1, -0.05) is 12.1 Å². The van der Waals surface area contributed by atoms with Crippen molar-refractivity contribution in [2.45, 2.75) is 94.5 Å². The summed E-state index contributed by atoms with van der Waals surface area (Å²) in [6, 6.07) is 7.53. The van der Waals surface area contributed by atoms with Crippen LogP contribution in [-0.4, -0.2) is 96.2 Å². The highest BCUT2D eigenvalue weighted by Gasteiger charge is 2.43. The number of aliphatic hydroxyl groups is 2. The van der Waals surface area contributed by atoms with Crippen LogP contribution in [0.25, 0.3) is 10.9 Å². The summed E-state index contributed by atoms with van der Waals surface area (Å²) in [6.07, 6.45) is 4.34. The minimum atomic E-state index is -2.74. The average molecular weight is 588 g/mol. The van der Waals surface area contributed by atoms with Crippen LogP contribution in [0.3, 0.4) is 0 Å². The van der Waals surface area contributed by atoms with Gasteiger partial charge in [0.2, 0.25) is 5.91 Å². The Balaban J connectivity index is 0.000000266. The van der Waals surface area contributed by atoms with E-state index >= 15 is 0 Å². The Labute approximate surface area is 243 Å². The molecule has 0 bridgehead atoms. The lowest BCUT2D eigenvalue weighted by Gasteiger charge is -2.45. The van der Waals surface area contributed by atoms with Crippen LogP contribution < -0.4 is 5.32 Å². The second kappa shape index (κ2) is 12.4. The molecule has 12 heteroatoms. The molecule has 2 fully saturated rings. The smallest absolute Gasteiger partial charge is 0.336 e. The van der Waals surface area contributed by atoms with Crippen molar-refractivity contribution in [1.82, 2.24) is 14.8 Å². The number of aliphatic hydroxyl groups excluding tert-OH is 1. The van der Waals surface area contributed by atoms with Gasteiger partial charge in [0.1, 0.15) is 0 Å². The molecule has 1 saturated heterocycles. The first-order chi connectivity index (χ1) is 19.7. The molecule has 5 rings (SSSR count). The van der Waals surface area contributed by atoms with E-state index in [2.05, 4.69) is 60.1 Å². The van der Waals surface area contributed by atoms with Crippen molar-refractivity contribution < 1.29 is 44.7 Å². The van der Waals surface area contributed by atoms with Gasteiger partial charge >= 0.3 is 17.9 Å². The number of fused-ring (bicyclic) bond motifs is 2. The molecule has 0 spiro atoms. The number of amides is 1. The van der Waals surface area contributed by atoms with Crippen LogP contribution in [0.5, 0.6) is 0 Å². The Kier molecular flexibility index (Phi) is 9.29. The molecule has 6 N–H and O–H groups in total. The van der Waals surface area contributed by atoms with Crippen molar-refractivity contribution in [3.63, 3.8) is 0 Å². The minimum absolute atomic E-state index is 0.0157. The van der Waals surface area contributed by atoms with Gasteiger partial charge in [-0.05, 0) is 70.2 Å². The third-order valence-electron chi connectivity index (χ3n) is 8.89. The number of benzene rings is 1. The number of likely N-dealkylation sites (tertiary alicyclic amines) is 1. The highest BCUT2D eigenvalue weighted by Crippen LogP contribution is 2.45. The van der Waals surface area contributed by atoms with E-state index in [1.165, 1.54) is 22.0 Å². The summed E-state index contributed by atoms with van der Waals surface area (Å²) in [4.78, 5) is 45.9. The van der Waals surface area contributed by atoms with Crippen LogP contribution in [0.1, 0.15) is 75.5 Å². The Morgan fingerprint density at radius 1 is 1.07 bits per heavy atom. The van der Waals surface area contributed by atoms with Crippen molar-refractivity contribution in [2.75, 3.05) is 13.6 Å². The van der Waals surface area contributed by atoms with Crippen LogP contribution in [0.15, 0.2) is 24.4 Å². The maximum atomic E-state index is 13.0. The van der Waals surface area contributed by atoms with Crippen LogP contribution in [0, 0.1) is 5.92 Å². The molecule has 230 valence electrons. The molecule has 1 aliphatic heterocycles. The molecule has 0 radical (unpaired) electrons. The van der Waals surface area contributed by atoms with Gasteiger partial charge in [0.05, 0.1) is 30.9 Å². The number of carboxylic acids is 3. The molecule has 1 amide bonds. The van der Waals surface area contributed by atoms with E-state index in [1.807, 2.05) is 0 Å². The molecule has 1 aromatic carbocycles. The summed E-state index contributed by atoms with van der Waals surface area (Å²) in [5.74, 6) is -4.52. The molecule has 2 aromatic rings. The highest BCUT2D eigenvalue weighted by atomic mass is 16.4. The van der Waals surface area contributed by atoms with Gasteiger partial charge < -0.3 is 40.3 Å².